The van der Waals surface area contributed by atoms with Crippen molar-refractivity contribution in [3.8, 4) is 11.5 Å². The van der Waals surface area contributed by atoms with Crippen LogP contribution in [0.2, 0.25) is 0 Å². The number of unbranched alkanes of at least 4 members (excludes halogenated alkanes) is 7. The van der Waals surface area contributed by atoms with E-state index in [9.17, 15) is 23.1 Å². The van der Waals surface area contributed by atoms with Gasteiger partial charge in [-0.2, -0.15) is 0 Å². The van der Waals surface area contributed by atoms with Crippen LogP contribution in [-0.2, 0) is 0 Å². The zero-order chi connectivity index (χ0) is 28.0. The van der Waals surface area contributed by atoms with Gasteiger partial charge in [0.15, 0.2) is 5.13 Å². The minimum atomic E-state index is -4.79. The maximum Gasteiger partial charge on any atom is 0.573 e. The molecular weight excluding hydrogens is 553 g/mol. The lowest BCUT2D eigenvalue weighted by atomic mass is 10.1. The van der Waals surface area contributed by atoms with E-state index in [2.05, 4.69) is 39.8 Å². The fraction of sp³-hybridized carbons (Fsp3) is 0.423. The van der Waals surface area contributed by atoms with Gasteiger partial charge >= 0.3 is 12.3 Å². The Hall–Kier alpha value is -3.19. The predicted octanol–water partition coefficient (Wildman–Crippen LogP) is 8.20. The van der Waals surface area contributed by atoms with E-state index in [1.165, 1.54) is 60.3 Å². The molecule has 0 atom stereocenters. The number of aromatic nitrogens is 3. The molecule has 2 aromatic carbocycles. The van der Waals surface area contributed by atoms with Crippen molar-refractivity contribution < 1.29 is 32.5 Å². The van der Waals surface area contributed by atoms with Crippen LogP contribution in [0, 0.1) is 0 Å². The first-order chi connectivity index (χ1) is 18.6. The molecule has 0 spiro atoms. The number of carboxylic acid groups (broad SMARTS) is 1. The van der Waals surface area contributed by atoms with E-state index in [0.717, 1.165) is 30.6 Å². The molecule has 4 rings (SSSR count). The Kier molecular flexibility index (Phi) is 9.44. The number of alkyl halides is 3. The number of imidazole rings is 1. The van der Waals surface area contributed by atoms with Crippen LogP contribution in [0.3, 0.4) is 0 Å². The van der Waals surface area contributed by atoms with Crippen LogP contribution in [-0.4, -0.2) is 38.0 Å². The van der Waals surface area contributed by atoms with Crippen LogP contribution in [0.5, 0.6) is 11.5 Å². The highest BCUT2D eigenvalue weighted by Crippen LogP contribution is 2.35. The van der Waals surface area contributed by atoms with Crippen molar-refractivity contribution in [2.24, 2.45) is 0 Å². The molecule has 210 valence electrons. The van der Waals surface area contributed by atoms with Gasteiger partial charge in [-0.1, -0.05) is 76.0 Å². The van der Waals surface area contributed by atoms with Crippen molar-refractivity contribution in [2.75, 3.05) is 11.9 Å². The third-order valence-electron chi connectivity index (χ3n) is 6.03. The summed E-state index contributed by atoms with van der Waals surface area (Å²) in [5, 5.41) is 13.1. The molecule has 0 amide bonds. The molecule has 0 bridgehead atoms. The molecule has 0 aliphatic rings. The Morgan fingerprint density at radius 3 is 2.46 bits per heavy atom. The third-order valence-corrected chi connectivity index (χ3v) is 7.37. The lowest BCUT2D eigenvalue weighted by molar-refractivity contribution is -0.274. The van der Waals surface area contributed by atoms with E-state index in [0.29, 0.717) is 33.0 Å². The Labute approximate surface area is 232 Å². The molecule has 13 heteroatoms. The van der Waals surface area contributed by atoms with Crippen LogP contribution in [0.25, 0.3) is 21.3 Å². The van der Waals surface area contributed by atoms with Crippen molar-refractivity contribution in [1.82, 2.24) is 13.9 Å². The van der Waals surface area contributed by atoms with E-state index >= 15 is 0 Å². The largest absolute Gasteiger partial charge is 0.573 e. The second kappa shape index (κ2) is 12.8. The van der Waals surface area contributed by atoms with Gasteiger partial charge < -0.3 is 19.9 Å². The van der Waals surface area contributed by atoms with Crippen LogP contribution >= 0.6 is 24.2 Å². The minimum absolute atomic E-state index is 0.00256. The quantitative estimate of drug-likeness (QED) is 0.102. The van der Waals surface area contributed by atoms with Crippen LogP contribution < -0.4 is 14.8 Å². The number of benzene rings is 2. The number of ether oxygens (including phenoxy) is 2. The molecule has 0 saturated heterocycles. The lowest BCUT2D eigenvalue weighted by Crippen LogP contribution is -2.16. The number of carbonyl (C=O) groups is 1. The topological polar surface area (TPSA) is 98.5 Å². The van der Waals surface area contributed by atoms with Gasteiger partial charge in [0.05, 0.1) is 27.9 Å². The molecule has 8 nitrogen and oxygen atoms in total. The number of fused-ring (bicyclic) bond motifs is 2. The van der Waals surface area contributed by atoms with Crippen LogP contribution in [0.4, 0.5) is 24.3 Å². The molecule has 0 radical (unpaired) electrons. The van der Waals surface area contributed by atoms with Crippen molar-refractivity contribution in [1.29, 1.82) is 0 Å². The van der Waals surface area contributed by atoms with Crippen molar-refractivity contribution in [3.63, 3.8) is 0 Å². The number of thiol groups is 1. The van der Waals surface area contributed by atoms with Gasteiger partial charge in [-0.25, -0.2) is 14.8 Å². The number of rotatable bonds is 14. The fourth-order valence-corrected chi connectivity index (χ4v) is 5.27. The second-order valence-electron chi connectivity index (χ2n) is 9.03. The average molecular weight is 583 g/mol. The van der Waals surface area contributed by atoms with Gasteiger partial charge in [0.1, 0.15) is 17.1 Å². The number of halogens is 3. The van der Waals surface area contributed by atoms with Crippen LogP contribution in [0.15, 0.2) is 30.3 Å². The highest BCUT2D eigenvalue weighted by Gasteiger charge is 2.31. The predicted molar refractivity (Wildman–Crippen MR) is 149 cm³/mol. The molecule has 4 aromatic rings. The fourth-order valence-electron chi connectivity index (χ4n) is 4.13. The Balaban J connectivity index is 1.45. The Morgan fingerprint density at radius 2 is 1.77 bits per heavy atom. The van der Waals surface area contributed by atoms with E-state index in [1.54, 1.807) is 6.07 Å². The summed E-state index contributed by atoms with van der Waals surface area (Å²) in [7, 11) is 0. The van der Waals surface area contributed by atoms with Crippen molar-refractivity contribution >= 4 is 62.5 Å². The van der Waals surface area contributed by atoms with Crippen molar-refractivity contribution in [3.05, 3.63) is 35.9 Å². The summed E-state index contributed by atoms with van der Waals surface area (Å²) in [6.07, 6.45) is 4.36. The molecule has 2 N–H and O–H groups in total. The SMILES string of the molecule is CCCCCCCCCCOc1cc2c(cc1C(=O)O)nc(Nc1nc3ccc(OC(F)(F)F)cc3s1)n2S. The lowest BCUT2D eigenvalue weighted by Gasteiger charge is -2.10. The number of anilines is 2. The molecule has 39 heavy (non-hydrogen) atoms. The van der Waals surface area contributed by atoms with Gasteiger partial charge in [0.2, 0.25) is 5.95 Å². The number of nitrogens with one attached hydrogen (secondary N) is 1. The van der Waals surface area contributed by atoms with Gasteiger partial charge in [-0.05, 0) is 24.6 Å². The summed E-state index contributed by atoms with van der Waals surface area (Å²) in [6, 6.07) is 6.89. The summed E-state index contributed by atoms with van der Waals surface area (Å²) < 4.78 is 49.4. The van der Waals surface area contributed by atoms with Crippen molar-refractivity contribution in [2.45, 2.75) is 64.7 Å². The van der Waals surface area contributed by atoms with E-state index < -0.39 is 12.3 Å². The second-order valence-corrected chi connectivity index (χ2v) is 10.5. The number of thiazole rings is 1. The summed E-state index contributed by atoms with van der Waals surface area (Å²) >= 11 is 5.61. The highest BCUT2D eigenvalue weighted by atomic mass is 32.1. The summed E-state index contributed by atoms with van der Waals surface area (Å²) in [4.78, 5) is 20.7. The zero-order valence-corrected chi connectivity index (χ0v) is 23.0. The first-order valence-electron chi connectivity index (χ1n) is 12.7. The molecule has 0 saturated carbocycles. The average Bonchev–Trinajstić information content (AvgIpc) is 3.41. The van der Waals surface area contributed by atoms with Gasteiger partial charge in [-0.3, -0.25) is 3.97 Å². The summed E-state index contributed by atoms with van der Waals surface area (Å²) in [5.41, 5.74) is 1.38. The van der Waals surface area contributed by atoms with E-state index in [-0.39, 0.29) is 23.0 Å². The van der Waals surface area contributed by atoms with E-state index in [1.807, 2.05) is 0 Å². The Bertz CT molecular complexity index is 1440. The summed E-state index contributed by atoms with van der Waals surface area (Å²) in [6.45, 7) is 2.59. The van der Waals surface area contributed by atoms with Gasteiger partial charge in [0, 0.05) is 12.1 Å². The number of aromatic carboxylic acids is 1. The number of hydrogen-bond acceptors (Lipinski definition) is 8. The number of hydrogen-bond donors (Lipinski definition) is 3. The maximum absolute atomic E-state index is 12.5. The highest BCUT2D eigenvalue weighted by molar-refractivity contribution is 7.79. The normalized spacial score (nSPS) is 11.8. The molecule has 0 aliphatic carbocycles. The maximum atomic E-state index is 12.5. The first kappa shape index (κ1) is 28.8. The third kappa shape index (κ3) is 7.69. The molecule has 2 aromatic heterocycles. The smallest absolute Gasteiger partial charge is 0.493 e. The van der Waals surface area contributed by atoms with Crippen LogP contribution in [0.1, 0.15) is 68.6 Å². The monoisotopic (exact) mass is 582 g/mol. The molecule has 0 aliphatic heterocycles. The number of carboxylic acids is 1. The number of nitrogens with zero attached hydrogens (tertiary/aromatic N) is 3. The molecular formula is C26H29F3N4O4S2. The summed E-state index contributed by atoms with van der Waals surface area (Å²) in [5.74, 6) is -0.978. The Morgan fingerprint density at radius 1 is 1.05 bits per heavy atom. The molecule has 0 fully saturated rings. The van der Waals surface area contributed by atoms with Gasteiger partial charge in [-0.15, -0.1) is 13.2 Å². The minimum Gasteiger partial charge on any atom is -0.493 e. The molecule has 0 unspecified atom stereocenters. The van der Waals surface area contributed by atoms with E-state index in [4.69, 9.17) is 4.74 Å². The standard InChI is InChI=1S/C26H29F3N4O4S2/c1-2-3-4-5-6-7-8-9-12-36-21-15-20-19(14-17(21)23(34)35)30-24(33(20)38)32-25-31-18-11-10-16(13-22(18)39-25)37-26(27,28)29/h10-11,13-15,38H,2-9,12H2,1H3,(H,34,35)(H,30,31,32). The molecule has 2 heterocycles. The van der Waals surface area contributed by atoms with Gasteiger partial charge in [0.25, 0.3) is 0 Å². The zero-order valence-electron chi connectivity index (χ0n) is 21.3. The first-order valence-corrected chi connectivity index (χ1v) is 13.9.